The quantitative estimate of drug-likeness (QED) is 0.0888. The third-order valence-corrected chi connectivity index (χ3v) is 12.2. The molecule has 1 nitrogen and oxygen atoms in total. The first-order chi connectivity index (χ1) is 34.0. The van der Waals surface area contributed by atoms with Crippen LogP contribution in [-0.2, 0) is 56.0 Å². The second-order valence-electron chi connectivity index (χ2n) is 16.3. The summed E-state index contributed by atoms with van der Waals surface area (Å²) in [5.74, 6) is -1.58. The maximum atomic E-state index is 14.2. The molecule has 0 saturated heterocycles. The number of alkyl halides is 24. The largest absolute Gasteiger partial charge is 0.416 e. The van der Waals surface area contributed by atoms with E-state index in [1.165, 1.54) is 17.4 Å². The molecular formula is C46H22BF26NS. The van der Waals surface area contributed by atoms with E-state index < -0.39 is 206 Å². The summed E-state index contributed by atoms with van der Waals surface area (Å²) in [6, 6.07) is 3.69. The lowest BCUT2D eigenvalue weighted by Gasteiger charge is -2.46. The highest BCUT2D eigenvalue weighted by Gasteiger charge is 2.47. The number of fused-ring (bicyclic) bond motifs is 1. The van der Waals surface area contributed by atoms with Crippen molar-refractivity contribution in [3.05, 3.63) is 182 Å². The zero-order chi connectivity index (χ0) is 56.4. The van der Waals surface area contributed by atoms with Crippen LogP contribution in [0.2, 0.25) is 0 Å². The van der Waals surface area contributed by atoms with E-state index in [2.05, 4.69) is 0 Å². The van der Waals surface area contributed by atoms with Crippen molar-refractivity contribution in [2.24, 2.45) is 0 Å². The van der Waals surface area contributed by atoms with E-state index in [0.29, 0.717) is 12.1 Å². The monoisotopic (exact) mass is 1130 g/mol. The molecule has 0 bridgehead atoms. The molecule has 0 saturated carbocycles. The number of thiazole rings is 1. The number of nitrogens with zero attached hydrogens (tertiary/aromatic N) is 1. The first-order valence-electron chi connectivity index (χ1n) is 20.2. The number of halogens is 26. The molecular weight excluding hydrogens is 1100 g/mol. The second-order valence-corrected chi connectivity index (χ2v) is 17.2. The van der Waals surface area contributed by atoms with Crippen LogP contribution in [-0.4, -0.2) is 6.15 Å². The Bertz CT molecular complexity index is 2770. The molecule has 29 heteroatoms. The van der Waals surface area contributed by atoms with E-state index in [1.54, 1.807) is 10.6 Å². The van der Waals surface area contributed by atoms with Crippen molar-refractivity contribution in [3.63, 3.8) is 0 Å². The van der Waals surface area contributed by atoms with Gasteiger partial charge in [-0.15, -0.1) is 0 Å². The second kappa shape index (κ2) is 19.5. The van der Waals surface area contributed by atoms with Gasteiger partial charge in [0.25, 0.3) is 5.52 Å². The van der Waals surface area contributed by atoms with Crippen LogP contribution >= 0.6 is 11.3 Å². The Morgan fingerprint density at radius 3 is 0.867 bits per heavy atom. The fourth-order valence-corrected chi connectivity index (χ4v) is 8.91. The smallest absolute Gasteiger partial charge is 0.203 e. The highest BCUT2D eigenvalue weighted by Crippen LogP contribution is 2.41. The minimum absolute atomic E-state index is 0.337. The van der Waals surface area contributed by atoms with Gasteiger partial charge >= 0.3 is 49.4 Å². The average Bonchev–Trinajstić information content (AvgIpc) is 3.68. The van der Waals surface area contributed by atoms with Gasteiger partial charge < -0.3 is 0 Å². The number of aromatic nitrogens is 1. The van der Waals surface area contributed by atoms with Gasteiger partial charge in [0.2, 0.25) is 11.3 Å². The minimum Gasteiger partial charge on any atom is -0.203 e. The lowest BCUT2D eigenvalue weighted by atomic mass is 9.12. The Labute approximate surface area is 406 Å². The van der Waals surface area contributed by atoms with Gasteiger partial charge in [-0.05, 0) is 36.4 Å². The Kier molecular flexibility index (Phi) is 15.0. The summed E-state index contributed by atoms with van der Waals surface area (Å²) in [5.41, 5.74) is -27.0. The fraction of sp³-hybridized carbons (Fsp3) is 0.196. The van der Waals surface area contributed by atoms with E-state index in [1.807, 2.05) is 35.8 Å². The van der Waals surface area contributed by atoms with E-state index in [9.17, 15) is 114 Å². The highest BCUT2D eigenvalue weighted by atomic mass is 32.1. The Morgan fingerprint density at radius 2 is 0.613 bits per heavy atom. The van der Waals surface area contributed by atoms with Crippen LogP contribution in [0, 0.1) is 11.6 Å². The summed E-state index contributed by atoms with van der Waals surface area (Å²) in [7, 11) is 0. The summed E-state index contributed by atoms with van der Waals surface area (Å²) in [6.07, 6.45) is -54.8. The summed E-state index contributed by atoms with van der Waals surface area (Å²) >= 11 is 1.41. The van der Waals surface area contributed by atoms with E-state index in [0.717, 1.165) is 10.3 Å². The van der Waals surface area contributed by atoms with Gasteiger partial charge in [-0.2, -0.15) is 136 Å². The molecule has 0 aliphatic rings. The van der Waals surface area contributed by atoms with Crippen LogP contribution in [0.15, 0.2) is 121 Å². The lowest BCUT2D eigenvalue weighted by Crippen LogP contribution is -2.75. The van der Waals surface area contributed by atoms with Gasteiger partial charge in [0.05, 0.1) is 44.5 Å². The van der Waals surface area contributed by atoms with Crippen molar-refractivity contribution in [3.8, 4) is 0 Å². The molecule has 75 heavy (non-hydrogen) atoms. The summed E-state index contributed by atoms with van der Waals surface area (Å²) < 4.78 is 370. The van der Waals surface area contributed by atoms with Crippen LogP contribution in [0.5, 0.6) is 0 Å². The lowest BCUT2D eigenvalue weighted by molar-refractivity contribution is -0.659. The Hall–Kier alpha value is -6.55. The predicted molar refractivity (Wildman–Crippen MR) is 218 cm³/mol. The summed E-state index contributed by atoms with van der Waals surface area (Å²) in [6.45, 7) is 0.543. The van der Waals surface area contributed by atoms with Gasteiger partial charge in [0.1, 0.15) is 10.8 Å². The molecule has 0 spiro atoms. The molecule has 0 radical (unpaired) electrons. The Morgan fingerprint density at radius 1 is 0.347 bits per heavy atom. The van der Waals surface area contributed by atoms with Crippen LogP contribution < -0.4 is 26.4 Å². The van der Waals surface area contributed by atoms with Crippen molar-refractivity contribution in [1.82, 2.24) is 0 Å². The van der Waals surface area contributed by atoms with Crippen LogP contribution in [0.3, 0.4) is 0 Å². The maximum Gasteiger partial charge on any atom is 0.416 e. The van der Waals surface area contributed by atoms with Crippen LogP contribution in [0.4, 0.5) is 114 Å². The standard InChI is InChI=1S/C32H12BF24.C14H10F2NS/c34-25(35,36)13-1-14(26(37,38)39)6-21(5-13)33(22-7-15(27(40,41)42)2-16(8-22)28(43,44)45,23-9-17(29(46,47)48)3-18(10-23)30(49,50)51)24-11-19(31(52,53)54)4-20(12-24)32(55,56)57;15-11-6-7-12-14(13(11)16)17(9-18-12)8-10-4-2-1-3-5-10/h1-12H;1-7,9H,8H2/q-1;+1. The molecule has 0 fully saturated rings. The topological polar surface area (TPSA) is 3.88 Å². The van der Waals surface area contributed by atoms with Crippen molar-refractivity contribution in [1.29, 1.82) is 0 Å². The number of hydrogen-bond acceptors (Lipinski definition) is 1. The summed E-state index contributed by atoms with van der Waals surface area (Å²) in [4.78, 5) is 0. The van der Waals surface area contributed by atoms with Gasteiger partial charge in [0, 0.05) is 5.56 Å². The van der Waals surface area contributed by atoms with Gasteiger partial charge in [0.15, 0.2) is 12.4 Å². The van der Waals surface area contributed by atoms with E-state index in [4.69, 9.17) is 0 Å². The molecule has 7 rings (SSSR count). The van der Waals surface area contributed by atoms with Gasteiger partial charge in [-0.25, -0.2) is 4.39 Å². The third kappa shape index (κ3) is 12.6. The first-order valence-corrected chi connectivity index (χ1v) is 21.0. The molecule has 0 unspecified atom stereocenters. The predicted octanol–water partition coefficient (Wildman–Crippen LogP) is 14.7. The Balaban J connectivity index is 0.000000421. The third-order valence-electron chi connectivity index (χ3n) is 11.3. The van der Waals surface area contributed by atoms with E-state index in [-0.39, 0.29) is 0 Å². The molecule has 0 aliphatic carbocycles. The van der Waals surface area contributed by atoms with Gasteiger partial charge in [-0.1, -0.05) is 90.2 Å². The van der Waals surface area contributed by atoms with Crippen molar-refractivity contribution < 1.29 is 119 Å². The minimum atomic E-state index is -6.13. The van der Waals surface area contributed by atoms with Crippen LogP contribution in [0.1, 0.15) is 50.1 Å². The van der Waals surface area contributed by atoms with Gasteiger partial charge in [-0.3, -0.25) is 0 Å². The molecule has 0 aliphatic heterocycles. The van der Waals surface area contributed by atoms with Crippen molar-refractivity contribution >= 4 is 49.6 Å². The molecule has 0 atom stereocenters. The number of rotatable bonds is 6. The highest BCUT2D eigenvalue weighted by molar-refractivity contribution is 7.20. The molecule has 402 valence electrons. The first kappa shape index (κ1) is 57.7. The van der Waals surface area contributed by atoms with E-state index >= 15 is 0 Å². The van der Waals surface area contributed by atoms with Crippen molar-refractivity contribution in [2.75, 3.05) is 0 Å². The molecule has 0 N–H and O–H groups in total. The zero-order valence-electron chi connectivity index (χ0n) is 36.0. The molecule has 1 aromatic heterocycles. The molecule has 7 aromatic rings. The average molecular weight is 1130 g/mol. The number of benzene rings is 6. The zero-order valence-corrected chi connectivity index (χ0v) is 36.8. The fourth-order valence-electron chi connectivity index (χ4n) is 8.03. The number of hydrogen-bond donors (Lipinski definition) is 0. The van der Waals surface area contributed by atoms with Crippen LogP contribution in [0.25, 0.3) is 10.2 Å². The SMILES string of the molecule is FC(F)(F)c1cc([B-](c2cc(C(F)(F)F)cc(C(F)(F)F)c2)(c2cc(C(F)(F)F)cc(C(F)(F)F)c2)c2cc(C(F)(F)F)cc(C(F)(F)F)c2)cc(C(F)(F)F)c1.Fc1ccc2sc[n+](Cc3ccccc3)c2c1F. The summed E-state index contributed by atoms with van der Waals surface area (Å²) in [5, 5.41) is 0. The molecule has 1 heterocycles. The molecule has 6 aromatic carbocycles. The molecule has 0 amide bonds. The van der Waals surface area contributed by atoms with Crippen molar-refractivity contribution in [2.45, 2.75) is 56.0 Å². The maximum absolute atomic E-state index is 14.2. The normalized spacial score (nSPS) is 13.5.